The molecule has 2 aromatic carbocycles. The van der Waals surface area contributed by atoms with E-state index in [2.05, 4.69) is 21.2 Å². The summed E-state index contributed by atoms with van der Waals surface area (Å²) >= 11 is 3.41. The smallest absolute Gasteiger partial charge is 0.260 e. The minimum Gasteiger partial charge on any atom is -0.497 e. The third-order valence-electron chi connectivity index (χ3n) is 5.42. The van der Waals surface area contributed by atoms with Crippen LogP contribution in [0.25, 0.3) is 5.57 Å². The molecule has 1 N–H and O–H groups in total. The predicted octanol–water partition coefficient (Wildman–Crippen LogP) is 4.55. The Hall–Kier alpha value is -2.67. The van der Waals surface area contributed by atoms with Crippen LogP contribution in [-0.2, 0) is 0 Å². The van der Waals surface area contributed by atoms with Crippen LogP contribution in [-0.4, -0.2) is 49.6 Å². The second kappa shape index (κ2) is 9.00. The Morgan fingerprint density at radius 1 is 1.17 bits per heavy atom. The summed E-state index contributed by atoms with van der Waals surface area (Å²) in [7, 11) is 3.25. The molecule has 4 rings (SSSR count). The molecule has 2 aromatic rings. The molecule has 0 fully saturated rings. The summed E-state index contributed by atoms with van der Waals surface area (Å²) in [6, 6.07) is 11.6. The molecule has 158 valence electrons. The van der Waals surface area contributed by atoms with Gasteiger partial charge in [-0.05, 0) is 42.2 Å². The maximum atomic E-state index is 13.4. The number of halogens is 1. The van der Waals surface area contributed by atoms with Gasteiger partial charge in [0.1, 0.15) is 5.75 Å². The predicted molar refractivity (Wildman–Crippen MR) is 121 cm³/mol. The van der Waals surface area contributed by atoms with Gasteiger partial charge in [-0.3, -0.25) is 4.79 Å². The summed E-state index contributed by atoms with van der Waals surface area (Å²) in [6.07, 6.45) is 3.64. The number of amides is 1. The fourth-order valence-electron chi connectivity index (χ4n) is 3.85. The van der Waals surface area contributed by atoms with Gasteiger partial charge in [0, 0.05) is 24.1 Å². The Morgan fingerprint density at radius 3 is 2.80 bits per heavy atom. The SMILES string of the molecule is COc1cccc(C2=CN3C(=O)c4cc(OC)c(OCCCBr)cc4NCC3C2)c1. The number of nitrogens with one attached hydrogen (secondary N) is 1. The summed E-state index contributed by atoms with van der Waals surface area (Å²) < 4.78 is 16.7. The van der Waals surface area contributed by atoms with Crippen molar-refractivity contribution in [1.82, 2.24) is 4.90 Å². The van der Waals surface area contributed by atoms with Crippen molar-refractivity contribution >= 4 is 33.1 Å². The Labute approximate surface area is 184 Å². The van der Waals surface area contributed by atoms with Crippen molar-refractivity contribution < 1.29 is 19.0 Å². The van der Waals surface area contributed by atoms with E-state index in [-0.39, 0.29) is 11.9 Å². The number of anilines is 1. The summed E-state index contributed by atoms with van der Waals surface area (Å²) in [4.78, 5) is 15.2. The highest BCUT2D eigenvalue weighted by atomic mass is 79.9. The Balaban J connectivity index is 1.63. The zero-order chi connectivity index (χ0) is 21.1. The highest BCUT2D eigenvalue weighted by Gasteiger charge is 2.34. The molecular weight excluding hydrogens is 448 g/mol. The zero-order valence-electron chi connectivity index (χ0n) is 17.1. The molecule has 0 saturated carbocycles. The van der Waals surface area contributed by atoms with Crippen LogP contribution in [0.4, 0.5) is 5.69 Å². The molecule has 7 heteroatoms. The standard InChI is InChI=1S/C23H25BrN2O4/c1-28-18-6-3-5-15(10-18)16-9-17-13-25-20-12-22(30-8-4-7-24)21(29-2)11-19(20)23(27)26(17)14-16/h3,5-6,10-12,14,17,25H,4,7-9,13H2,1-2H3. The number of ether oxygens (including phenoxy) is 3. The highest BCUT2D eigenvalue weighted by molar-refractivity contribution is 9.09. The lowest BCUT2D eigenvalue weighted by Crippen LogP contribution is -2.34. The molecule has 2 aliphatic heterocycles. The van der Waals surface area contributed by atoms with E-state index < -0.39 is 0 Å². The molecule has 2 heterocycles. The third-order valence-corrected chi connectivity index (χ3v) is 5.98. The maximum Gasteiger partial charge on any atom is 0.260 e. The fraction of sp³-hybridized carbons (Fsp3) is 0.348. The van der Waals surface area contributed by atoms with E-state index in [9.17, 15) is 4.79 Å². The van der Waals surface area contributed by atoms with E-state index in [1.165, 1.54) is 0 Å². The van der Waals surface area contributed by atoms with Gasteiger partial charge in [-0.15, -0.1) is 0 Å². The molecular formula is C23H25BrN2O4. The van der Waals surface area contributed by atoms with Crippen molar-refractivity contribution in [1.29, 1.82) is 0 Å². The van der Waals surface area contributed by atoms with Crippen LogP contribution < -0.4 is 19.5 Å². The zero-order valence-corrected chi connectivity index (χ0v) is 18.7. The van der Waals surface area contributed by atoms with Gasteiger partial charge in [0.05, 0.1) is 38.1 Å². The molecule has 0 radical (unpaired) electrons. The van der Waals surface area contributed by atoms with Crippen LogP contribution in [0.1, 0.15) is 28.8 Å². The summed E-state index contributed by atoms with van der Waals surface area (Å²) in [6.45, 7) is 1.24. The van der Waals surface area contributed by atoms with Crippen molar-refractivity contribution in [2.24, 2.45) is 0 Å². The Bertz CT molecular complexity index is 976. The average Bonchev–Trinajstić information content (AvgIpc) is 3.17. The van der Waals surface area contributed by atoms with Gasteiger partial charge in [0.25, 0.3) is 5.91 Å². The minimum atomic E-state index is -0.0387. The van der Waals surface area contributed by atoms with Gasteiger partial charge >= 0.3 is 0 Å². The van der Waals surface area contributed by atoms with Crippen LogP contribution >= 0.6 is 15.9 Å². The normalized spacial score (nSPS) is 17.4. The molecule has 0 saturated heterocycles. The molecule has 2 aliphatic rings. The van der Waals surface area contributed by atoms with Crippen molar-refractivity contribution in [3.63, 3.8) is 0 Å². The maximum absolute atomic E-state index is 13.4. The molecule has 0 aliphatic carbocycles. The van der Waals surface area contributed by atoms with Gasteiger partial charge in [-0.25, -0.2) is 0 Å². The number of carbonyl (C=O) groups is 1. The van der Waals surface area contributed by atoms with Gasteiger partial charge in [0.15, 0.2) is 11.5 Å². The molecule has 0 bridgehead atoms. The van der Waals surface area contributed by atoms with Gasteiger partial charge in [-0.2, -0.15) is 0 Å². The monoisotopic (exact) mass is 472 g/mol. The fourth-order valence-corrected chi connectivity index (χ4v) is 4.08. The number of rotatable bonds is 7. The summed E-state index contributed by atoms with van der Waals surface area (Å²) in [5, 5.41) is 4.31. The second-order valence-electron chi connectivity index (χ2n) is 7.28. The highest BCUT2D eigenvalue weighted by Crippen LogP contribution is 2.39. The van der Waals surface area contributed by atoms with Crippen molar-refractivity contribution in [2.45, 2.75) is 18.9 Å². The lowest BCUT2D eigenvalue weighted by Gasteiger charge is -2.20. The van der Waals surface area contributed by atoms with Gasteiger partial charge in [0.2, 0.25) is 0 Å². The minimum absolute atomic E-state index is 0.0387. The quantitative estimate of drug-likeness (QED) is 0.473. The molecule has 1 amide bonds. The number of methoxy groups -OCH3 is 2. The molecule has 1 atom stereocenters. The Morgan fingerprint density at radius 2 is 2.03 bits per heavy atom. The van der Waals surface area contributed by atoms with Crippen LogP contribution in [0, 0.1) is 0 Å². The summed E-state index contributed by atoms with van der Waals surface area (Å²) in [5.74, 6) is 1.98. The van der Waals surface area contributed by atoms with Crippen LogP contribution in [0.5, 0.6) is 17.2 Å². The summed E-state index contributed by atoms with van der Waals surface area (Å²) in [5.41, 5.74) is 3.56. The number of carbonyl (C=O) groups excluding carboxylic acids is 1. The third kappa shape index (κ3) is 3.99. The number of benzene rings is 2. The average molecular weight is 473 g/mol. The molecule has 6 nitrogen and oxygen atoms in total. The first-order chi connectivity index (χ1) is 14.6. The molecule has 30 heavy (non-hydrogen) atoms. The number of hydrogen-bond acceptors (Lipinski definition) is 5. The first-order valence-corrected chi connectivity index (χ1v) is 11.1. The number of alkyl halides is 1. The van der Waals surface area contributed by atoms with E-state index in [4.69, 9.17) is 14.2 Å². The van der Waals surface area contributed by atoms with Gasteiger partial charge in [-0.1, -0.05) is 28.1 Å². The van der Waals surface area contributed by atoms with Gasteiger partial charge < -0.3 is 24.4 Å². The van der Waals surface area contributed by atoms with Crippen LogP contribution in [0.3, 0.4) is 0 Å². The second-order valence-corrected chi connectivity index (χ2v) is 8.07. The van der Waals surface area contributed by atoms with Crippen molar-refractivity contribution in [3.05, 3.63) is 53.7 Å². The van der Waals surface area contributed by atoms with E-state index in [1.807, 2.05) is 41.4 Å². The number of nitrogens with zero attached hydrogens (tertiary/aromatic N) is 1. The van der Waals surface area contributed by atoms with E-state index in [1.54, 1.807) is 20.3 Å². The van der Waals surface area contributed by atoms with E-state index >= 15 is 0 Å². The molecule has 0 spiro atoms. The van der Waals surface area contributed by atoms with Crippen LogP contribution in [0.2, 0.25) is 0 Å². The largest absolute Gasteiger partial charge is 0.497 e. The number of fused-ring (bicyclic) bond motifs is 2. The number of hydrogen-bond donors (Lipinski definition) is 1. The topological polar surface area (TPSA) is 60.0 Å². The first-order valence-electron chi connectivity index (χ1n) is 9.97. The van der Waals surface area contributed by atoms with E-state index in [0.29, 0.717) is 30.2 Å². The Kier molecular flexibility index (Phi) is 6.18. The molecule has 0 aromatic heterocycles. The lowest BCUT2D eigenvalue weighted by molar-refractivity contribution is 0.0796. The first kappa shape index (κ1) is 20.6. The molecule has 1 unspecified atom stereocenters. The van der Waals surface area contributed by atoms with Crippen molar-refractivity contribution in [2.75, 3.05) is 38.0 Å². The van der Waals surface area contributed by atoms with Crippen molar-refractivity contribution in [3.8, 4) is 17.2 Å². The van der Waals surface area contributed by atoms with Crippen LogP contribution in [0.15, 0.2) is 42.6 Å². The van der Waals surface area contributed by atoms with E-state index in [0.717, 1.165) is 40.7 Å². The lowest BCUT2D eigenvalue weighted by atomic mass is 10.0.